The van der Waals surface area contributed by atoms with Crippen molar-refractivity contribution in [2.24, 2.45) is 0 Å². The van der Waals surface area contributed by atoms with Gasteiger partial charge in [-0.2, -0.15) is 0 Å². The van der Waals surface area contributed by atoms with E-state index in [-0.39, 0.29) is 33.8 Å². The summed E-state index contributed by atoms with van der Waals surface area (Å²) < 4.78 is 6.92. The molecule has 370 valence electrons. The summed E-state index contributed by atoms with van der Waals surface area (Å²) in [4.78, 5) is 7.67. The summed E-state index contributed by atoms with van der Waals surface area (Å²) in [6.45, 7) is 31.1. The normalized spacial score (nSPS) is 17.4. The van der Waals surface area contributed by atoms with Gasteiger partial charge in [0.1, 0.15) is 11.2 Å². The first-order valence-corrected chi connectivity index (χ1v) is 27.2. The highest BCUT2D eigenvalue weighted by Gasteiger charge is 2.49. The van der Waals surface area contributed by atoms with Crippen LogP contribution in [0.5, 0.6) is 0 Å². The zero-order valence-corrected chi connectivity index (χ0v) is 45.9. The maximum atomic E-state index is 6.92. The third kappa shape index (κ3) is 7.01. The Hall–Kier alpha value is -6.98. The number of para-hydroxylation sites is 2. The predicted molar refractivity (Wildman–Crippen MR) is 317 cm³/mol. The third-order valence-corrected chi connectivity index (χ3v) is 18.0. The first-order chi connectivity index (χ1) is 35.1. The second-order valence-corrected chi connectivity index (χ2v) is 26.2. The number of rotatable bonds is 5. The van der Waals surface area contributed by atoms with Crippen molar-refractivity contribution >= 4 is 96.2 Å². The number of nitrogens with zero attached hydrogens (tertiary/aromatic N) is 3. The second-order valence-electron chi connectivity index (χ2n) is 26.2. The van der Waals surface area contributed by atoms with E-state index in [0.29, 0.717) is 0 Å². The molecule has 4 aliphatic rings. The molecule has 0 fully saturated rings. The van der Waals surface area contributed by atoms with Crippen molar-refractivity contribution in [2.45, 2.75) is 136 Å². The van der Waals surface area contributed by atoms with E-state index in [1.165, 1.54) is 90.2 Å². The Morgan fingerprint density at radius 2 is 1.01 bits per heavy atom. The summed E-state index contributed by atoms with van der Waals surface area (Å²) in [5.74, 6) is 0. The number of anilines is 9. The maximum Gasteiger partial charge on any atom is 0.252 e. The van der Waals surface area contributed by atoms with Gasteiger partial charge in [0.2, 0.25) is 0 Å². The Bertz CT molecular complexity index is 3750. The molecule has 9 aromatic rings. The van der Waals surface area contributed by atoms with Crippen LogP contribution in [0, 0.1) is 13.8 Å². The van der Waals surface area contributed by atoms with Crippen molar-refractivity contribution in [2.75, 3.05) is 14.7 Å². The average Bonchev–Trinajstić information content (AvgIpc) is 3.81. The highest BCUT2D eigenvalue weighted by atomic mass is 16.3. The number of fused-ring (bicyclic) bond motifs is 9. The van der Waals surface area contributed by atoms with Crippen LogP contribution in [0.3, 0.4) is 0 Å². The Kier molecular flexibility index (Phi) is 9.97. The molecule has 0 N–H and O–H groups in total. The van der Waals surface area contributed by atoms with E-state index in [2.05, 4.69) is 256 Å². The third-order valence-electron chi connectivity index (χ3n) is 18.0. The van der Waals surface area contributed by atoms with Gasteiger partial charge in [0.25, 0.3) is 6.71 Å². The SMILES string of the molecule is Cc1cc2c3c(c1)N(c1cc4c(cc1C)C(C)(C)CCC4(C)C)c1cc4c(cc1B3c1ccc(N(c3ccccc3)c3ccccc3)cc1N2c1ccc2c(c1)oc1cc(C(C)(C)C)ccc12)C(C)(C)CC4(C)C. The maximum absolute atomic E-state index is 6.92. The molecule has 0 atom stereocenters. The van der Waals surface area contributed by atoms with Crippen molar-refractivity contribution in [1.82, 2.24) is 0 Å². The van der Waals surface area contributed by atoms with E-state index in [0.717, 1.165) is 57.5 Å². The van der Waals surface area contributed by atoms with Gasteiger partial charge in [-0.1, -0.05) is 143 Å². The van der Waals surface area contributed by atoms with Gasteiger partial charge in [-0.3, -0.25) is 0 Å². The van der Waals surface area contributed by atoms with Crippen molar-refractivity contribution in [1.29, 1.82) is 0 Å². The summed E-state index contributed by atoms with van der Waals surface area (Å²) in [7, 11) is 0. The first kappa shape index (κ1) is 46.8. The lowest BCUT2D eigenvalue weighted by atomic mass is 9.33. The molecular formula is C69H70BN3O. The Morgan fingerprint density at radius 1 is 0.473 bits per heavy atom. The molecule has 74 heavy (non-hydrogen) atoms. The molecule has 2 aliphatic heterocycles. The summed E-state index contributed by atoms with van der Waals surface area (Å²) in [5.41, 5.74) is 26.4. The fourth-order valence-corrected chi connectivity index (χ4v) is 14.2. The number of hydrogen-bond donors (Lipinski definition) is 0. The molecule has 0 bridgehead atoms. The summed E-state index contributed by atoms with van der Waals surface area (Å²) in [5, 5.41) is 2.28. The van der Waals surface area contributed by atoms with Gasteiger partial charge in [0.05, 0.1) is 0 Å². The van der Waals surface area contributed by atoms with E-state index in [1.807, 2.05) is 0 Å². The second kappa shape index (κ2) is 15.8. The topological polar surface area (TPSA) is 22.9 Å². The van der Waals surface area contributed by atoms with Crippen LogP contribution in [0.4, 0.5) is 51.2 Å². The van der Waals surface area contributed by atoms with Crippen LogP contribution in [-0.2, 0) is 27.1 Å². The quantitative estimate of drug-likeness (QED) is 0.160. The molecule has 3 heterocycles. The zero-order valence-electron chi connectivity index (χ0n) is 45.9. The van der Waals surface area contributed by atoms with Gasteiger partial charge < -0.3 is 19.1 Å². The van der Waals surface area contributed by atoms with Crippen molar-refractivity contribution < 1.29 is 4.42 Å². The van der Waals surface area contributed by atoms with Crippen molar-refractivity contribution in [3.05, 3.63) is 191 Å². The minimum atomic E-state index is -0.0297. The zero-order chi connectivity index (χ0) is 51.6. The van der Waals surface area contributed by atoms with E-state index in [4.69, 9.17) is 4.42 Å². The van der Waals surface area contributed by atoms with E-state index in [9.17, 15) is 0 Å². The monoisotopic (exact) mass is 968 g/mol. The molecule has 0 unspecified atom stereocenters. The molecule has 5 heteroatoms. The van der Waals surface area contributed by atoms with Gasteiger partial charge in [0, 0.05) is 68.0 Å². The first-order valence-electron chi connectivity index (χ1n) is 27.2. The minimum absolute atomic E-state index is 0.00466. The van der Waals surface area contributed by atoms with Crippen LogP contribution in [0.2, 0.25) is 0 Å². The highest BCUT2D eigenvalue weighted by Crippen LogP contribution is 2.55. The molecule has 8 aromatic carbocycles. The van der Waals surface area contributed by atoms with Gasteiger partial charge in [-0.05, 0) is 194 Å². The minimum Gasteiger partial charge on any atom is -0.456 e. The van der Waals surface area contributed by atoms with Gasteiger partial charge >= 0.3 is 0 Å². The molecule has 4 nitrogen and oxygen atoms in total. The molecule has 0 radical (unpaired) electrons. The van der Waals surface area contributed by atoms with E-state index < -0.39 is 0 Å². The highest BCUT2D eigenvalue weighted by molar-refractivity contribution is 7.00. The lowest BCUT2D eigenvalue weighted by molar-refractivity contribution is 0.332. The summed E-state index contributed by atoms with van der Waals surface area (Å²) in [6.07, 6.45) is 3.45. The van der Waals surface area contributed by atoms with Crippen LogP contribution in [0.15, 0.2) is 156 Å². The standard InChI is InChI=1S/C69H70BN3O/c1-42-32-60-64-61(33-42)73(57-39-53-51(34-43(57)2)66(6,7)30-31-67(53,8)9)59-40-54-52(68(10,11)41-69(54,12)13)38-56(59)70(64)55-29-26-47(71(45-20-16-14-17-21-45)46-22-18-15-19-23-46)36-58(55)72(60)48-25-28-50-49-27-24-44(65(3,4)5)35-62(49)74-63(50)37-48/h14-29,32-40H,30-31,41H2,1-13H3. The largest absolute Gasteiger partial charge is 0.456 e. The Morgan fingerprint density at radius 3 is 1.65 bits per heavy atom. The lowest BCUT2D eigenvalue weighted by Gasteiger charge is -2.46. The van der Waals surface area contributed by atoms with Crippen LogP contribution >= 0.6 is 0 Å². The van der Waals surface area contributed by atoms with Crippen LogP contribution in [0.1, 0.15) is 134 Å². The van der Waals surface area contributed by atoms with Crippen LogP contribution < -0.4 is 31.1 Å². The van der Waals surface area contributed by atoms with E-state index in [1.54, 1.807) is 0 Å². The molecule has 0 spiro atoms. The smallest absolute Gasteiger partial charge is 0.252 e. The predicted octanol–water partition coefficient (Wildman–Crippen LogP) is 17.4. The fraction of sp³-hybridized carbons (Fsp3) is 0.304. The molecule has 0 saturated carbocycles. The fourth-order valence-electron chi connectivity index (χ4n) is 14.2. The average molecular weight is 968 g/mol. The number of aryl methyl sites for hydroxylation is 2. The van der Waals surface area contributed by atoms with Gasteiger partial charge in [-0.15, -0.1) is 0 Å². The summed E-state index contributed by atoms with van der Waals surface area (Å²) in [6, 6.07) is 58.0. The van der Waals surface area contributed by atoms with Gasteiger partial charge in [0.15, 0.2) is 0 Å². The summed E-state index contributed by atoms with van der Waals surface area (Å²) >= 11 is 0. The molecular weight excluding hydrogens is 898 g/mol. The molecule has 0 amide bonds. The number of hydrogen-bond acceptors (Lipinski definition) is 4. The Balaban J connectivity index is 1.12. The molecule has 1 aromatic heterocycles. The molecule has 2 aliphatic carbocycles. The molecule has 0 saturated heterocycles. The number of furan rings is 1. The Labute approximate surface area is 440 Å². The van der Waals surface area contributed by atoms with Crippen molar-refractivity contribution in [3.63, 3.8) is 0 Å². The van der Waals surface area contributed by atoms with Crippen LogP contribution in [-0.4, -0.2) is 6.71 Å². The lowest BCUT2D eigenvalue weighted by Crippen LogP contribution is -2.61. The van der Waals surface area contributed by atoms with Crippen LogP contribution in [0.25, 0.3) is 21.9 Å². The van der Waals surface area contributed by atoms with Crippen molar-refractivity contribution in [3.8, 4) is 0 Å². The van der Waals surface area contributed by atoms with Gasteiger partial charge in [-0.25, -0.2) is 0 Å². The molecule has 13 rings (SSSR count). The number of benzene rings is 8. The van der Waals surface area contributed by atoms with E-state index >= 15 is 0 Å².